The number of carbonyl (C=O) groups excluding carboxylic acids is 1. The Kier molecular flexibility index (Phi) is 8.01. The summed E-state index contributed by atoms with van der Waals surface area (Å²) >= 11 is 1.37. The lowest BCUT2D eigenvalue weighted by Gasteiger charge is -2.23. The van der Waals surface area contributed by atoms with E-state index in [9.17, 15) is 4.79 Å². The number of hydrogen-bond acceptors (Lipinski definition) is 5. The van der Waals surface area contributed by atoms with Crippen molar-refractivity contribution in [2.75, 3.05) is 6.54 Å². The van der Waals surface area contributed by atoms with E-state index in [4.69, 9.17) is 5.21 Å². The third-order valence-corrected chi connectivity index (χ3v) is 7.60. The number of pyridine rings is 1. The van der Waals surface area contributed by atoms with Gasteiger partial charge in [0.2, 0.25) is 0 Å². The summed E-state index contributed by atoms with van der Waals surface area (Å²) in [7, 11) is 0. The van der Waals surface area contributed by atoms with E-state index >= 15 is 0 Å². The van der Waals surface area contributed by atoms with Crippen molar-refractivity contribution in [3.8, 4) is 10.4 Å². The molecule has 0 radical (unpaired) electrons. The molecular weight excluding hydrogens is 478 g/mol. The lowest BCUT2D eigenvalue weighted by molar-refractivity contribution is 0.0711. The van der Waals surface area contributed by atoms with Crippen LogP contribution in [-0.2, 0) is 19.5 Å². The number of thiophene rings is 1. The van der Waals surface area contributed by atoms with Crippen LogP contribution in [0, 0.1) is 0 Å². The fourth-order valence-corrected chi connectivity index (χ4v) is 5.54. The molecule has 0 bridgehead atoms. The van der Waals surface area contributed by atoms with Gasteiger partial charge in [-0.05, 0) is 72.0 Å². The number of nitrogens with zero attached hydrogens (tertiary/aromatic N) is 2. The predicted octanol–water partition coefficient (Wildman–Crippen LogP) is 6.72. The van der Waals surface area contributed by atoms with Crippen LogP contribution in [0.25, 0.3) is 21.3 Å². The number of hydrogen-bond donors (Lipinski definition) is 2. The van der Waals surface area contributed by atoms with Crippen LogP contribution in [0.5, 0.6) is 0 Å². The first-order chi connectivity index (χ1) is 18.2. The second-order valence-corrected chi connectivity index (χ2v) is 10.2. The van der Waals surface area contributed by atoms with E-state index in [1.165, 1.54) is 33.4 Å². The molecule has 5 rings (SSSR count). The van der Waals surface area contributed by atoms with E-state index in [0.29, 0.717) is 4.88 Å². The highest BCUT2D eigenvalue weighted by Crippen LogP contribution is 2.29. The van der Waals surface area contributed by atoms with E-state index in [1.807, 2.05) is 18.3 Å². The average Bonchev–Trinajstić information content (AvgIpc) is 3.44. The first kappa shape index (κ1) is 24.8. The van der Waals surface area contributed by atoms with Gasteiger partial charge in [-0.1, -0.05) is 66.7 Å². The zero-order chi connectivity index (χ0) is 25.5. The van der Waals surface area contributed by atoms with Crippen LogP contribution in [0.1, 0.15) is 32.8 Å². The van der Waals surface area contributed by atoms with Crippen molar-refractivity contribution in [1.82, 2.24) is 15.4 Å². The van der Waals surface area contributed by atoms with Gasteiger partial charge in [0.15, 0.2) is 0 Å². The highest BCUT2D eigenvalue weighted by atomic mass is 32.1. The van der Waals surface area contributed by atoms with E-state index in [1.54, 1.807) is 11.5 Å². The molecule has 2 heterocycles. The van der Waals surface area contributed by atoms with Crippen LogP contribution in [0.2, 0.25) is 0 Å². The van der Waals surface area contributed by atoms with Crippen LogP contribution in [0.3, 0.4) is 0 Å². The molecule has 37 heavy (non-hydrogen) atoms. The molecule has 0 aliphatic heterocycles. The number of rotatable bonds is 10. The Morgan fingerprint density at radius 2 is 1.68 bits per heavy atom. The topological polar surface area (TPSA) is 65.5 Å². The summed E-state index contributed by atoms with van der Waals surface area (Å²) < 4.78 is 0. The normalized spacial score (nSPS) is 11.2. The molecule has 3 aromatic carbocycles. The summed E-state index contributed by atoms with van der Waals surface area (Å²) in [6.45, 7) is 2.62. The van der Waals surface area contributed by atoms with Gasteiger partial charge >= 0.3 is 0 Å². The molecule has 2 N–H and O–H groups in total. The number of aromatic nitrogens is 1. The molecule has 0 saturated carbocycles. The van der Waals surface area contributed by atoms with Gasteiger partial charge in [0.1, 0.15) is 0 Å². The minimum Gasteiger partial charge on any atom is -0.295 e. The first-order valence-electron chi connectivity index (χ1n) is 12.4. The van der Waals surface area contributed by atoms with Gasteiger partial charge in [0.05, 0.1) is 10.4 Å². The zero-order valence-corrected chi connectivity index (χ0v) is 21.3. The number of carbonyl (C=O) groups is 1. The molecule has 0 spiro atoms. The summed E-state index contributed by atoms with van der Waals surface area (Å²) in [5.74, 6) is -0.485. The predicted molar refractivity (Wildman–Crippen MR) is 150 cm³/mol. The SMILES string of the molecule is O=C(NO)c1ccc(-c2cccc(CN(CCCc3ccccc3)Cc3ccnc4ccccc34)c2)s1. The van der Waals surface area contributed by atoms with Gasteiger partial charge in [-0.2, -0.15) is 0 Å². The molecule has 0 fully saturated rings. The number of para-hydroxylation sites is 1. The minimum absolute atomic E-state index is 0.481. The molecule has 2 aromatic heterocycles. The third kappa shape index (κ3) is 6.30. The molecule has 0 saturated heterocycles. The molecule has 5 nitrogen and oxygen atoms in total. The van der Waals surface area contributed by atoms with E-state index in [-0.39, 0.29) is 0 Å². The monoisotopic (exact) mass is 507 g/mol. The van der Waals surface area contributed by atoms with Crippen molar-refractivity contribution in [3.05, 3.63) is 125 Å². The molecule has 186 valence electrons. The van der Waals surface area contributed by atoms with Crippen molar-refractivity contribution in [3.63, 3.8) is 0 Å². The molecule has 1 amide bonds. The Balaban J connectivity index is 1.36. The zero-order valence-electron chi connectivity index (χ0n) is 20.5. The van der Waals surface area contributed by atoms with Gasteiger partial charge in [-0.3, -0.25) is 19.9 Å². The maximum absolute atomic E-state index is 11.8. The van der Waals surface area contributed by atoms with Gasteiger partial charge < -0.3 is 0 Å². The van der Waals surface area contributed by atoms with Crippen molar-refractivity contribution >= 4 is 28.1 Å². The number of amides is 1. The fraction of sp³-hybridized carbons (Fsp3) is 0.161. The van der Waals surface area contributed by atoms with E-state index in [0.717, 1.165) is 48.4 Å². The Bertz CT molecular complexity index is 1480. The summed E-state index contributed by atoms with van der Waals surface area (Å²) in [4.78, 5) is 20.3. The lowest BCUT2D eigenvalue weighted by atomic mass is 10.1. The summed E-state index contributed by atoms with van der Waals surface area (Å²) in [5, 5.41) is 10.1. The Morgan fingerprint density at radius 3 is 2.54 bits per heavy atom. The van der Waals surface area contributed by atoms with Crippen molar-refractivity contribution in [1.29, 1.82) is 0 Å². The van der Waals surface area contributed by atoms with E-state index in [2.05, 4.69) is 88.7 Å². The molecular formula is C31H29N3O2S. The largest absolute Gasteiger partial charge is 0.295 e. The third-order valence-electron chi connectivity index (χ3n) is 6.46. The van der Waals surface area contributed by atoms with Crippen LogP contribution in [0.15, 0.2) is 103 Å². The van der Waals surface area contributed by atoms with Crippen molar-refractivity contribution in [2.24, 2.45) is 0 Å². The van der Waals surface area contributed by atoms with Crippen molar-refractivity contribution in [2.45, 2.75) is 25.9 Å². The number of benzene rings is 3. The second kappa shape index (κ2) is 11.9. The van der Waals surface area contributed by atoms with Gasteiger partial charge in [0.25, 0.3) is 5.91 Å². The average molecular weight is 508 g/mol. The number of fused-ring (bicyclic) bond motifs is 1. The maximum atomic E-state index is 11.8. The number of aryl methyl sites for hydroxylation is 1. The molecule has 0 unspecified atom stereocenters. The second-order valence-electron chi connectivity index (χ2n) is 9.09. The van der Waals surface area contributed by atoms with Gasteiger partial charge in [0, 0.05) is 29.5 Å². The number of nitrogens with one attached hydrogen (secondary N) is 1. The molecule has 0 aliphatic carbocycles. The molecule has 6 heteroatoms. The quantitative estimate of drug-likeness (QED) is 0.163. The van der Waals surface area contributed by atoms with Crippen LogP contribution in [0.4, 0.5) is 0 Å². The van der Waals surface area contributed by atoms with Crippen LogP contribution in [-0.4, -0.2) is 27.5 Å². The first-order valence-corrected chi connectivity index (χ1v) is 13.2. The molecule has 0 atom stereocenters. The summed E-state index contributed by atoms with van der Waals surface area (Å²) in [5.41, 5.74) is 7.66. The maximum Gasteiger partial charge on any atom is 0.284 e. The van der Waals surface area contributed by atoms with Crippen LogP contribution < -0.4 is 5.48 Å². The van der Waals surface area contributed by atoms with Gasteiger partial charge in [-0.25, -0.2) is 5.48 Å². The Hall–Kier alpha value is -3.84. The summed E-state index contributed by atoms with van der Waals surface area (Å²) in [6.07, 6.45) is 4.01. The smallest absolute Gasteiger partial charge is 0.284 e. The highest BCUT2D eigenvalue weighted by molar-refractivity contribution is 7.17. The number of hydroxylamine groups is 1. The summed E-state index contributed by atoms with van der Waals surface area (Å²) in [6, 6.07) is 33.2. The van der Waals surface area contributed by atoms with Gasteiger partial charge in [-0.15, -0.1) is 11.3 Å². The molecule has 5 aromatic rings. The lowest BCUT2D eigenvalue weighted by Crippen LogP contribution is -2.24. The minimum atomic E-state index is -0.485. The van der Waals surface area contributed by atoms with Crippen LogP contribution >= 0.6 is 11.3 Å². The molecule has 0 aliphatic rings. The Morgan fingerprint density at radius 1 is 0.865 bits per heavy atom. The highest BCUT2D eigenvalue weighted by Gasteiger charge is 2.13. The van der Waals surface area contributed by atoms with Crippen molar-refractivity contribution < 1.29 is 10.0 Å². The Labute approximate surface area is 221 Å². The standard InChI is InChI=1S/C31H29N3O2S/c35-31(33-36)30-16-15-29(37-30)25-12-6-10-24(20-25)21-34(19-7-11-23-8-2-1-3-9-23)22-26-17-18-32-28-14-5-4-13-27(26)28/h1-6,8-10,12-18,20,36H,7,11,19,21-22H2,(H,33,35). The fourth-order valence-electron chi connectivity index (χ4n) is 4.65. The van der Waals surface area contributed by atoms with E-state index < -0.39 is 5.91 Å².